The molecule has 0 radical (unpaired) electrons. The summed E-state index contributed by atoms with van der Waals surface area (Å²) in [4.78, 5) is 27.4. The Morgan fingerprint density at radius 1 is 1.29 bits per heavy atom. The number of halogens is 1. The Kier molecular flexibility index (Phi) is 5.25. The van der Waals surface area contributed by atoms with E-state index in [0.717, 1.165) is 0 Å². The van der Waals surface area contributed by atoms with Gasteiger partial charge >= 0.3 is 5.97 Å². The van der Waals surface area contributed by atoms with Crippen molar-refractivity contribution in [3.63, 3.8) is 0 Å². The van der Waals surface area contributed by atoms with Crippen LogP contribution in [0.2, 0.25) is 0 Å². The average Bonchev–Trinajstić information content (AvgIpc) is 3.30. The van der Waals surface area contributed by atoms with Crippen molar-refractivity contribution in [1.82, 2.24) is 14.8 Å². The maximum Gasteiger partial charge on any atom is 0.331 e. The Hall–Kier alpha value is -3.49. The van der Waals surface area contributed by atoms with Crippen molar-refractivity contribution in [1.29, 1.82) is 0 Å². The lowest BCUT2D eigenvalue weighted by molar-refractivity contribution is -0.146. The topological polar surface area (TPSA) is 110 Å². The SMILES string of the molecule is CC(C)(C(=O)O)n1cc(NC(=O)CCc2ncc(-c3ccccc3F)o2)cn1. The summed E-state index contributed by atoms with van der Waals surface area (Å²) in [6, 6.07) is 6.19. The van der Waals surface area contributed by atoms with Crippen LogP contribution in [0.3, 0.4) is 0 Å². The van der Waals surface area contributed by atoms with E-state index in [4.69, 9.17) is 4.42 Å². The number of aromatic nitrogens is 3. The third-order valence-corrected chi connectivity index (χ3v) is 4.22. The van der Waals surface area contributed by atoms with Gasteiger partial charge in [-0.05, 0) is 26.0 Å². The third-order valence-electron chi connectivity index (χ3n) is 4.22. The van der Waals surface area contributed by atoms with Gasteiger partial charge in [-0.2, -0.15) is 5.10 Å². The fraction of sp³-hybridized carbons (Fsp3) is 0.263. The van der Waals surface area contributed by atoms with Gasteiger partial charge in [-0.25, -0.2) is 14.2 Å². The molecular formula is C19H19FN4O4. The summed E-state index contributed by atoms with van der Waals surface area (Å²) in [5.74, 6) is -1.15. The molecule has 3 rings (SSSR count). The van der Waals surface area contributed by atoms with Gasteiger partial charge in [-0.3, -0.25) is 9.48 Å². The molecule has 8 nitrogen and oxygen atoms in total. The predicted molar refractivity (Wildman–Crippen MR) is 98.0 cm³/mol. The molecule has 0 fully saturated rings. The molecule has 0 spiro atoms. The van der Waals surface area contributed by atoms with Gasteiger partial charge in [0.15, 0.2) is 17.2 Å². The molecule has 0 unspecified atom stereocenters. The molecule has 2 N–H and O–H groups in total. The molecule has 0 aliphatic carbocycles. The van der Waals surface area contributed by atoms with Crippen LogP contribution in [0.1, 0.15) is 26.2 Å². The van der Waals surface area contributed by atoms with Crippen LogP contribution in [0, 0.1) is 5.82 Å². The second-order valence-electron chi connectivity index (χ2n) is 6.68. The standard InChI is InChI=1S/C19H19FN4O4/c1-19(2,18(26)27)24-11-12(9-22-24)23-16(25)7-8-17-21-10-15(28-17)13-5-3-4-6-14(13)20/h3-6,9-11H,7-8H2,1-2H3,(H,23,25)(H,26,27). The predicted octanol–water partition coefficient (Wildman–Crippen LogP) is 3.07. The number of aliphatic carboxylic acids is 1. The summed E-state index contributed by atoms with van der Waals surface area (Å²) in [5.41, 5.74) is -0.539. The van der Waals surface area contributed by atoms with E-state index >= 15 is 0 Å². The van der Waals surface area contributed by atoms with Crippen LogP contribution in [-0.2, 0) is 21.5 Å². The second kappa shape index (κ2) is 7.63. The number of amides is 1. The minimum absolute atomic E-state index is 0.0880. The number of carbonyl (C=O) groups is 2. The number of carbonyl (C=O) groups excluding carboxylic acids is 1. The number of nitrogens with one attached hydrogen (secondary N) is 1. The molecule has 146 valence electrons. The minimum atomic E-state index is -1.23. The summed E-state index contributed by atoms with van der Waals surface area (Å²) < 4.78 is 20.6. The molecule has 28 heavy (non-hydrogen) atoms. The molecule has 2 heterocycles. The molecule has 1 aromatic carbocycles. The van der Waals surface area contributed by atoms with E-state index in [0.29, 0.717) is 22.9 Å². The number of oxazole rings is 1. The average molecular weight is 386 g/mol. The molecule has 0 atom stereocenters. The summed E-state index contributed by atoms with van der Waals surface area (Å²) in [6.07, 6.45) is 4.57. The number of aryl methyl sites for hydroxylation is 1. The van der Waals surface area contributed by atoms with Crippen molar-refractivity contribution >= 4 is 17.6 Å². The highest BCUT2D eigenvalue weighted by molar-refractivity contribution is 5.90. The van der Waals surface area contributed by atoms with Crippen LogP contribution in [0.15, 0.2) is 47.3 Å². The van der Waals surface area contributed by atoms with E-state index in [2.05, 4.69) is 15.4 Å². The first-order valence-corrected chi connectivity index (χ1v) is 8.55. The molecule has 0 aliphatic heterocycles. The van der Waals surface area contributed by atoms with Gasteiger partial charge in [0.1, 0.15) is 5.82 Å². The summed E-state index contributed by atoms with van der Waals surface area (Å²) in [6.45, 7) is 3.01. The van der Waals surface area contributed by atoms with E-state index in [9.17, 15) is 19.1 Å². The van der Waals surface area contributed by atoms with Crippen molar-refractivity contribution in [3.05, 3.63) is 54.6 Å². The summed E-state index contributed by atoms with van der Waals surface area (Å²) in [5, 5.41) is 15.8. The molecule has 3 aromatic rings. The molecule has 0 saturated carbocycles. The number of hydrogen-bond donors (Lipinski definition) is 2. The maximum absolute atomic E-state index is 13.8. The molecule has 0 aliphatic rings. The first-order chi connectivity index (χ1) is 13.3. The lowest BCUT2D eigenvalue weighted by Crippen LogP contribution is -2.35. The van der Waals surface area contributed by atoms with Crippen LogP contribution in [0.4, 0.5) is 10.1 Å². The third kappa shape index (κ3) is 4.08. The zero-order valence-electron chi connectivity index (χ0n) is 15.3. The van der Waals surface area contributed by atoms with Crippen LogP contribution < -0.4 is 5.32 Å². The quantitative estimate of drug-likeness (QED) is 0.646. The van der Waals surface area contributed by atoms with Crippen molar-refractivity contribution in [3.8, 4) is 11.3 Å². The lowest BCUT2D eigenvalue weighted by Gasteiger charge is -2.19. The van der Waals surface area contributed by atoms with Gasteiger partial charge in [-0.1, -0.05) is 12.1 Å². The van der Waals surface area contributed by atoms with Gasteiger partial charge < -0.3 is 14.8 Å². The zero-order chi connectivity index (χ0) is 20.3. The molecule has 9 heteroatoms. The smallest absolute Gasteiger partial charge is 0.331 e. The van der Waals surface area contributed by atoms with E-state index in [1.165, 1.54) is 43.2 Å². The second-order valence-corrected chi connectivity index (χ2v) is 6.68. The fourth-order valence-electron chi connectivity index (χ4n) is 2.45. The van der Waals surface area contributed by atoms with Crippen LogP contribution in [0.25, 0.3) is 11.3 Å². The number of anilines is 1. The van der Waals surface area contributed by atoms with Crippen molar-refractivity contribution in [2.75, 3.05) is 5.32 Å². The first kappa shape index (κ1) is 19.3. The van der Waals surface area contributed by atoms with E-state index < -0.39 is 17.3 Å². The van der Waals surface area contributed by atoms with E-state index in [1.807, 2.05) is 0 Å². The van der Waals surface area contributed by atoms with Gasteiger partial charge in [-0.15, -0.1) is 0 Å². The van der Waals surface area contributed by atoms with Crippen LogP contribution in [-0.4, -0.2) is 31.7 Å². The Morgan fingerprint density at radius 3 is 2.75 bits per heavy atom. The maximum atomic E-state index is 13.8. The summed E-state index contributed by atoms with van der Waals surface area (Å²) >= 11 is 0. The Bertz CT molecular complexity index is 1010. The molecule has 1 amide bonds. The first-order valence-electron chi connectivity index (χ1n) is 8.55. The Balaban J connectivity index is 1.58. The number of hydrogen-bond acceptors (Lipinski definition) is 5. The number of benzene rings is 1. The lowest BCUT2D eigenvalue weighted by atomic mass is 10.1. The van der Waals surface area contributed by atoms with Gasteiger partial charge in [0.05, 0.1) is 23.6 Å². The van der Waals surface area contributed by atoms with Gasteiger partial charge in [0.25, 0.3) is 0 Å². The largest absolute Gasteiger partial charge is 0.479 e. The van der Waals surface area contributed by atoms with Crippen molar-refractivity contribution in [2.24, 2.45) is 0 Å². The highest BCUT2D eigenvalue weighted by Crippen LogP contribution is 2.23. The molecular weight excluding hydrogens is 367 g/mol. The minimum Gasteiger partial charge on any atom is -0.479 e. The molecule has 2 aromatic heterocycles. The normalized spacial score (nSPS) is 11.4. The van der Waals surface area contributed by atoms with E-state index in [-0.39, 0.29) is 18.7 Å². The highest BCUT2D eigenvalue weighted by Gasteiger charge is 2.30. The van der Waals surface area contributed by atoms with Gasteiger partial charge in [0.2, 0.25) is 5.91 Å². The fourth-order valence-corrected chi connectivity index (χ4v) is 2.45. The monoisotopic (exact) mass is 386 g/mol. The number of carboxylic acid groups (broad SMARTS) is 1. The van der Waals surface area contributed by atoms with Crippen LogP contribution in [0.5, 0.6) is 0 Å². The van der Waals surface area contributed by atoms with E-state index in [1.54, 1.807) is 18.2 Å². The zero-order valence-corrected chi connectivity index (χ0v) is 15.3. The number of rotatable bonds is 7. The highest BCUT2D eigenvalue weighted by atomic mass is 19.1. The molecule has 0 saturated heterocycles. The number of carboxylic acids is 1. The van der Waals surface area contributed by atoms with Crippen molar-refractivity contribution < 1.29 is 23.5 Å². The molecule has 0 bridgehead atoms. The van der Waals surface area contributed by atoms with Gasteiger partial charge in [0, 0.05) is 19.0 Å². The Labute approximate surface area is 160 Å². The Morgan fingerprint density at radius 2 is 2.04 bits per heavy atom. The van der Waals surface area contributed by atoms with Crippen LogP contribution >= 0.6 is 0 Å². The summed E-state index contributed by atoms with van der Waals surface area (Å²) in [7, 11) is 0. The van der Waals surface area contributed by atoms with Crippen molar-refractivity contribution in [2.45, 2.75) is 32.2 Å². The number of nitrogens with zero attached hydrogens (tertiary/aromatic N) is 3.